The number of imide groups is 1. The number of thioether (sulfide) groups is 1. The highest BCUT2D eigenvalue weighted by atomic mass is 32.2. The fourth-order valence-corrected chi connectivity index (χ4v) is 4.76. The third-order valence-corrected chi connectivity index (χ3v) is 6.22. The van der Waals surface area contributed by atoms with Gasteiger partial charge >= 0.3 is 6.03 Å². The lowest BCUT2D eigenvalue weighted by molar-refractivity contribution is -0.127. The second-order valence-electron chi connectivity index (χ2n) is 7.45. The summed E-state index contributed by atoms with van der Waals surface area (Å²) in [5.74, 6) is -0.334. The van der Waals surface area contributed by atoms with E-state index in [9.17, 15) is 9.59 Å². The Balaban J connectivity index is 1.51. The quantitative estimate of drug-likeness (QED) is 0.680. The molecule has 0 radical (unpaired) electrons. The van der Waals surface area contributed by atoms with Crippen molar-refractivity contribution in [1.82, 2.24) is 25.1 Å². The number of aromatic nitrogens is 2. The summed E-state index contributed by atoms with van der Waals surface area (Å²) in [6, 6.07) is 14.9. The highest BCUT2D eigenvalue weighted by molar-refractivity contribution is 8.13. The van der Waals surface area contributed by atoms with Crippen LogP contribution in [0.4, 0.5) is 4.79 Å². The Labute approximate surface area is 177 Å². The van der Waals surface area contributed by atoms with Crippen LogP contribution in [-0.2, 0) is 11.3 Å². The molecule has 2 N–H and O–H groups in total. The van der Waals surface area contributed by atoms with E-state index in [2.05, 4.69) is 21.4 Å². The van der Waals surface area contributed by atoms with Crippen LogP contribution in [0.25, 0.3) is 11.0 Å². The fourth-order valence-electron chi connectivity index (χ4n) is 3.82. The number of amides is 3. The van der Waals surface area contributed by atoms with Crippen molar-refractivity contribution >= 4 is 39.9 Å². The first-order chi connectivity index (χ1) is 14.5. The van der Waals surface area contributed by atoms with Gasteiger partial charge in [0.2, 0.25) is 0 Å². The monoisotopic (exact) mass is 420 g/mol. The van der Waals surface area contributed by atoms with Gasteiger partial charge in [-0.1, -0.05) is 42.0 Å². The Morgan fingerprint density at radius 3 is 2.77 bits per heavy atom. The van der Waals surface area contributed by atoms with Gasteiger partial charge in [0, 0.05) is 13.6 Å². The van der Waals surface area contributed by atoms with Gasteiger partial charge in [-0.2, -0.15) is 0 Å². The van der Waals surface area contributed by atoms with Crippen molar-refractivity contribution in [2.75, 3.05) is 7.05 Å². The number of imidazole rings is 1. The molecule has 3 amide bonds. The van der Waals surface area contributed by atoms with Crippen molar-refractivity contribution in [1.29, 1.82) is 0 Å². The molecule has 152 valence electrons. The van der Waals surface area contributed by atoms with E-state index in [0.717, 1.165) is 22.2 Å². The van der Waals surface area contributed by atoms with E-state index in [4.69, 9.17) is 4.99 Å². The predicted molar refractivity (Wildman–Crippen MR) is 115 cm³/mol. The summed E-state index contributed by atoms with van der Waals surface area (Å²) >= 11 is 1.37. The van der Waals surface area contributed by atoms with Crippen LogP contribution in [0.2, 0.25) is 0 Å². The van der Waals surface area contributed by atoms with E-state index in [1.54, 1.807) is 7.05 Å². The van der Waals surface area contributed by atoms with Crippen molar-refractivity contribution in [3.05, 3.63) is 59.7 Å². The van der Waals surface area contributed by atoms with Crippen LogP contribution in [0.3, 0.4) is 0 Å². The number of carbonyl (C=O) groups is 2. The van der Waals surface area contributed by atoms with Crippen LogP contribution in [0.15, 0.2) is 58.7 Å². The van der Waals surface area contributed by atoms with E-state index in [1.807, 2.05) is 54.3 Å². The summed E-state index contributed by atoms with van der Waals surface area (Å²) in [6.45, 7) is 2.54. The molecule has 2 aliphatic heterocycles. The number of hydrogen-bond donors (Lipinski definition) is 2. The number of nitrogens with zero attached hydrogens (tertiary/aromatic N) is 4. The van der Waals surface area contributed by atoms with E-state index in [1.165, 1.54) is 16.7 Å². The maximum atomic E-state index is 12.7. The van der Waals surface area contributed by atoms with E-state index in [-0.39, 0.29) is 5.91 Å². The molecule has 2 aromatic carbocycles. The van der Waals surface area contributed by atoms with Crippen LogP contribution < -0.4 is 5.32 Å². The molecule has 2 aliphatic rings. The van der Waals surface area contributed by atoms with Gasteiger partial charge in [0.15, 0.2) is 22.5 Å². The van der Waals surface area contributed by atoms with Crippen LogP contribution in [0.5, 0.6) is 0 Å². The summed E-state index contributed by atoms with van der Waals surface area (Å²) in [5, 5.41) is 3.78. The summed E-state index contributed by atoms with van der Waals surface area (Å²) < 4.78 is 0. The largest absolute Gasteiger partial charge is 0.333 e. The number of rotatable bonds is 3. The number of aliphatic imine (C=N–C) groups is 1. The number of likely N-dealkylation sites (N-methyl/N-ethyl adjacent to an activating group) is 1. The van der Waals surface area contributed by atoms with E-state index >= 15 is 0 Å². The minimum atomic E-state index is -0.583. The van der Waals surface area contributed by atoms with Crippen molar-refractivity contribution < 1.29 is 9.59 Å². The van der Waals surface area contributed by atoms with Gasteiger partial charge in [-0.3, -0.25) is 10.1 Å². The van der Waals surface area contributed by atoms with Gasteiger partial charge in [0.05, 0.1) is 11.0 Å². The van der Waals surface area contributed by atoms with Crippen molar-refractivity contribution in [2.45, 2.75) is 30.8 Å². The number of aryl methyl sites for hydroxylation is 1. The fraction of sp³-hybridized carbons (Fsp3) is 0.238. The zero-order chi connectivity index (χ0) is 20.8. The third kappa shape index (κ3) is 3.21. The van der Waals surface area contributed by atoms with Crippen molar-refractivity contribution in [2.24, 2.45) is 4.99 Å². The Kier molecular flexibility index (Phi) is 4.47. The van der Waals surface area contributed by atoms with Crippen LogP contribution in [0.1, 0.15) is 11.1 Å². The molecule has 1 aromatic heterocycles. The van der Waals surface area contributed by atoms with Gasteiger partial charge in [-0.15, -0.1) is 0 Å². The average molecular weight is 420 g/mol. The van der Waals surface area contributed by atoms with Gasteiger partial charge in [-0.25, -0.2) is 14.8 Å². The molecule has 3 heterocycles. The smallest absolute Gasteiger partial charge is 0.325 e. The number of urea groups is 1. The first-order valence-electron chi connectivity index (χ1n) is 9.60. The lowest BCUT2D eigenvalue weighted by atomic mass is 10.1. The van der Waals surface area contributed by atoms with Gasteiger partial charge in [0.1, 0.15) is 0 Å². The molecule has 30 heavy (non-hydrogen) atoms. The predicted octanol–water partition coefficient (Wildman–Crippen LogP) is 2.71. The third-order valence-electron chi connectivity index (χ3n) is 5.31. The number of aromatic amines is 1. The summed E-state index contributed by atoms with van der Waals surface area (Å²) in [6.07, 6.45) is -0.567. The van der Waals surface area contributed by atoms with E-state index < -0.39 is 18.2 Å². The average Bonchev–Trinajstić information content (AvgIpc) is 3.28. The molecule has 0 spiro atoms. The zero-order valence-electron chi connectivity index (χ0n) is 16.5. The summed E-state index contributed by atoms with van der Waals surface area (Å²) in [5.41, 5.74) is 4.02. The minimum Gasteiger partial charge on any atom is -0.333 e. The highest BCUT2D eigenvalue weighted by Gasteiger charge is 2.48. The number of nitrogens with one attached hydrogen (secondary N) is 2. The van der Waals surface area contributed by atoms with Gasteiger partial charge in [0.25, 0.3) is 5.91 Å². The number of para-hydroxylation sites is 2. The minimum absolute atomic E-state index is 0.334. The molecular formula is C21H20N6O2S. The second kappa shape index (κ2) is 7.17. The van der Waals surface area contributed by atoms with Crippen LogP contribution >= 0.6 is 11.8 Å². The van der Waals surface area contributed by atoms with E-state index in [0.29, 0.717) is 16.9 Å². The van der Waals surface area contributed by atoms with Gasteiger partial charge < -0.3 is 14.8 Å². The Morgan fingerprint density at radius 2 is 1.97 bits per heavy atom. The lowest BCUT2D eigenvalue weighted by Crippen LogP contribution is -2.63. The normalized spacial score (nSPS) is 21.1. The van der Waals surface area contributed by atoms with Crippen molar-refractivity contribution in [3.8, 4) is 0 Å². The molecular weight excluding hydrogens is 400 g/mol. The lowest BCUT2D eigenvalue weighted by Gasteiger charge is -2.36. The van der Waals surface area contributed by atoms with Crippen LogP contribution in [-0.4, -0.2) is 56.1 Å². The molecule has 1 saturated heterocycles. The number of H-pyrrole nitrogens is 1. The molecule has 1 fully saturated rings. The first kappa shape index (κ1) is 18.7. The first-order valence-corrected chi connectivity index (χ1v) is 10.4. The Morgan fingerprint density at radius 1 is 1.13 bits per heavy atom. The molecule has 9 heteroatoms. The molecule has 0 bridgehead atoms. The maximum Gasteiger partial charge on any atom is 0.325 e. The molecule has 5 rings (SSSR count). The summed E-state index contributed by atoms with van der Waals surface area (Å²) in [7, 11) is 1.66. The summed E-state index contributed by atoms with van der Waals surface area (Å²) in [4.78, 5) is 40.9. The Hall–Kier alpha value is -3.33. The second-order valence-corrected chi connectivity index (χ2v) is 8.41. The molecule has 0 saturated carbocycles. The maximum absolute atomic E-state index is 12.7. The number of amidine groups is 1. The molecule has 2 unspecified atom stereocenters. The molecule has 8 nitrogen and oxygen atoms in total. The number of benzene rings is 2. The molecule has 2 atom stereocenters. The number of carbonyl (C=O) groups excluding carboxylic acids is 2. The molecule has 0 aliphatic carbocycles. The Bertz CT molecular complexity index is 1160. The van der Waals surface area contributed by atoms with Gasteiger partial charge in [-0.05, 0) is 36.4 Å². The standard InChI is InChI=1S/C21H20N6O2S/c1-12-6-5-7-13(10-12)11-27-16-17(26(2)20(29)25-18(16)28)24-21(27)30-19-22-14-8-3-4-9-15(14)23-19/h3-10,16-17H,11H2,1-2H3,(H,22,23)(H,25,28,29). The topological polar surface area (TPSA) is 93.7 Å². The number of hydrogen-bond acceptors (Lipinski definition) is 6. The van der Waals surface area contributed by atoms with Crippen LogP contribution in [0, 0.1) is 6.92 Å². The number of fused-ring (bicyclic) bond motifs is 2. The molecule has 3 aromatic rings. The zero-order valence-corrected chi connectivity index (χ0v) is 17.3. The highest BCUT2D eigenvalue weighted by Crippen LogP contribution is 2.33. The van der Waals surface area contributed by atoms with Crippen molar-refractivity contribution in [3.63, 3.8) is 0 Å². The SMILES string of the molecule is Cc1cccc(CN2C(Sc3nc4ccccc4[nH]3)=NC3C2C(=O)NC(=O)N3C)c1.